The highest BCUT2D eigenvalue weighted by Gasteiger charge is 2.29. The van der Waals surface area contributed by atoms with Crippen LogP contribution in [-0.4, -0.2) is 66.9 Å². The SMILES string of the molecule is CC(C)NS(=O)(=O)N1CCN(C(C)C(N)=NO)CC1. The maximum atomic E-state index is 12.0. The van der Waals surface area contributed by atoms with Gasteiger partial charge in [-0.2, -0.15) is 17.4 Å². The molecule has 0 spiro atoms. The van der Waals surface area contributed by atoms with Crippen LogP contribution in [0.2, 0.25) is 0 Å². The lowest BCUT2D eigenvalue weighted by Crippen LogP contribution is -2.56. The van der Waals surface area contributed by atoms with Crippen LogP contribution in [0.3, 0.4) is 0 Å². The normalized spacial score (nSPS) is 21.8. The van der Waals surface area contributed by atoms with Crippen molar-refractivity contribution in [3.8, 4) is 0 Å². The lowest BCUT2D eigenvalue weighted by molar-refractivity contribution is 0.170. The summed E-state index contributed by atoms with van der Waals surface area (Å²) in [5.74, 6) is 0.136. The van der Waals surface area contributed by atoms with Crippen LogP contribution in [0.25, 0.3) is 0 Å². The number of hydrogen-bond donors (Lipinski definition) is 3. The van der Waals surface area contributed by atoms with Gasteiger partial charge in [-0.15, -0.1) is 0 Å². The number of oxime groups is 1. The smallest absolute Gasteiger partial charge is 0.279 e. The second-order valence-electron chi connectivity index (χ2n) is 4.91. The average molecular weight is 293 g/mol. The summed E-state index contributed by atoms with van der Waals surface area (Å²) in [6.07, 6.45) is 0. The summed E-state index contributed by atoms with van der Waals surface area (Å²) in [7, 11) is -3.41. The maximum Gasteiger partial charge on any atom is 0.279 e. The quantitative estimate of drug-likeness (QED) is 0.260. The van der Waals surface area contributed by atoms with E-state index >= 15 is 0 Å². The van der Waals surface area contributed by atoms with Crippen molar-refractivity contribution in [2.24, 2.45) is 10.9 Å². The number of nitrogens with zero attached hydrogens (tertiary/aromatic N) is 3. The molecule has 112 valence electrons. The largest absolute Gasteiger partial charge is 0.409 e. The molecule has 0 aromatic carbocycles. The topological polar surface area (TPSA) is 111 Å². The standard InChI is InChI=1S/C10H23N5O3S/c1-8(2)13-19(17,18)15-6-4-14(5-7-15)9(3)10(11)12-16/h8-9,13,16H,4-7H2,1-3H3,(H2,11,12). The molecule has 0 radical (unpaired) electrons. The van der Waals surface area contributed by atoms with Gasteiger partial charge in [-0.3, -0.25) is 4.90 Å². The van der Waals surface area contributed by atoms with Crippen LogP contribution in [0.4, 0.5) is 0 Å². The van der Waals surface area contributed by atoms with Crippen molar-refractivity contribution < 1.29 is 13.6 Å². The molecule has 19 heavy (non-hydrogen) atoms. The van der Waals surface area contributed by atoms with Crippen molar-refractivity contribution in [2.45, 2.75) is 32.9 Å². The van der Waals surface area contributed by atoms with E-state index < -0.39 is 10.2 Å². The summed E-state index contributed by atoms with van der Waals surface area (Å²) in [5.41, 5.74) is 5.55. The molecule has 1 fully saturated rings. The number of amidine groups is 1. The van der Waals surface area contributed by atoms with Crippen molar-refractivity contribution in [3.63, 3.8) is 0 Å². The third-order valence-corrected chi connectivity index (χ3v) is 4.90. The van der Waals surface area contributed by atoms with Gasteiger partial charge in [-0.1, -0.05) is 5.16 Å². The Kier molecular flexibility index (Phi) is 5.53. The Hall–Kier alpha value is -0.900. The van der Waals surface area contributed by atoms with E-state index in [4.69, 9.17) is 10.9 Å². The zero-order valence-electron chi connectivity index (χ0n) is 11.6. The first-order valence-corrected chi connectivity index (χ1v) is 7.70. The van der Waals surface area contributed by atoms with E-state index in [9.17, 15) is 8.42 Å². The molecule has 1 saturated heterocycles. The van der Waals surface area contributed by atoms with Gasteiger partial charge in [0.2, 0.25) is 0 Å². The van der Waals surface area contributed by atoms with Gasteiger partial charge in [0.05, 0.1) is 6.04 Å². The van der Waals surface area contributed by atoms with Gasteiger partial charge < -0.3 is 10.9 Å². The van der Waals surface area contributed by atoms with Crippen LogP contribution < -0.4 is 10.5 Å². The number of hydrogen-bond acceptors (Lipinski definition) is 5. The molecule has 9 heteroatoms. The number of piperazine rings is 1. The Morgan fingerprint density at radius 3 is 2.21 bits per heavy atom. The molecular formula is C10H23N5O3S. The molecule has 0 saturated carbocycles. The molecule has 4 N–H and O–H groups in total. The molecule has 0 amide bonds. The van der Waals surface area contributed by atoms with Crippen molar-refractivity contribution >= 4 is 16.0 Å². The van der Waals surface area contributed by atoms with Crippen LogP contribution in [-0.2, 0) is 10.2 Å². The third kappa shape index (κ3) is 4.30. The molecule has 0 aromatic rings. The van der Waals surface area contributed by atoms with Crippen LogP contribution >= 0.6 is 0 Å². The predicted octanol–water partition coefficient (Wildman–Crippen LogP) is -1.02. The van der Waals surface area contributed by atoms with Crippen LogP contribution in [0.1, 0.15) is 20.8 Å². The minimum atomic E-state index is -3.41. The van der Waals surface area contributed by atoms with Crippen LogP contribution in [0, 0.1) is 0 Å². The molecular weight excluding hydrogens is 270 g/mol. The maximum absolute atomic E-state index is 12.0. The Morgan fingerprint density at radius 1 is 1.26 bits per heavy atom. The number of rotatable bonds is 5. The first-order valence-electron chi connectivity index (χ1n) is 6.26. The monoisotopic (exact) mass is 293 g/mol. The van der Waals surface area contributed by atoms with Gasteiger partial charge in [0, 0.05) is 32.2 Å². The summed E-state index contributed by atoms with van der Waals surface area (Å²) in [5, 5.41) is 11.6. The van der Waals surface area contributed by atoms with E-state index in [0.717, 1.165) is 0 Å². The van der Waals surface area contributed by atoms with Crippen LogP contribution in [0.15, 0.2) is 5.16 Å². The molecule has 1 unspecified atom stereocenters. The molecule has 1 rings (SSSR count). The minimum absolute atomic E-state index is 0.126. The molecule has 1 heterocycles. The van der Waals surface area contributed by atoms with Crippen molar-refractivity contribution in [2.75, 3.05) is 26.2 Å². The minimum Gasteiger partial charge on any atom is -0.409 e. The fourth-order valence-electron chi connectivity index (χ4n) is 1.97. The highest BCUT2D eigenvalue weighted by molar-refractivity contribution is 7.87. The Bertz CT molecular complexity index is 415. The lowest BCUT2D eigenvalue weighted by atomic mass is 10.2. The molecule has 8 nitrogen and oxygen atoms in total. The second-order valence-corrected chi connectivity index (χ2v) is 6.62. The van der Waals surface area contributed by atoms with E-state index in [1.807, 2.05) is 11.8 Å². The summed E-state index contributed by atoms with van der Waals surface area (Å²) < 4.78 is 27.9. The summed E-state index contributed by atoms with van der Waals surface area (Å²) >= 11 is 0. The van der Waals surface area contributed by atoms with Gasteiger partial charge in [-0.25, -0.2) is 0 Å². The van der Waals surface area contributed by atoms with E-state index in [2.05, 4.69) is 9.88 Å². The summed E-state index contributed by atoms with van der Waals surface area (Å²) in [4.78, 5) is 1.98. The lowest BCUT2D eigenvalue weighted by Gasteiger charge is -2.37. The summed E-state index contributed by atoms with van der Waals surface area (Å²) in [6, 6.07) is -0.327. The average Bonchev–Trinajstić information content (AvgIpc) is 2.35. The highest BCUT2D eigenvalue weighted by Crippen LogP contribution is 2.09. The third-order valence-electron chi connectivity index (χ3n) is 3.09. The van der Waals surface area contributed by atoms with Crippen molar-refractivity contribution in [1.82, 2.24) is 13.9 Å². The summed E-state index contributed by atoms with van der Waals surface area (Å²) in [6.45, 7) is 7.29. The number of nitrogens with one attached hydrogen (secondary N) is 1. The van der Waals surface area contributed by atoms with Gasteiger partial charge in [0.1, 0.15) is 0 Å². The Balaban J connectivity index is 2.58. The first-order chi connectivity index (χ1) is 8.77. The van der Waals surface area contributed by atoms with E-state index in [1.54, 1.807) is 13.8 Å². The van der Waals surface area contributed by atoms with Gasteiger partial charge in [-0.05, 0) is 20.8 Å². The Labute approximate surface area is 114 Å². The highest BCUT2D eigenvalue weighted by atomic mass is 32.2. The molecule has 0 aliphatic carbocycles. The van der Waals surface area contributed by atoms with Crippen molar-refractivity contribution in [3.05, 3.63) is 0 Å². The zero-order chi connectivity index (χ0) is 14.6. The van der Waals surface area contributed by atoms with Crippen LogP contribution in [0.5, 0.6) is 0 Å². The predicted molar refractivity (Wildman–Crippen MR) is 73.2 cm³/mol. The second kappa shape index (κ2) is 6.51. The van der Waals surface area contributed by atoms with Gasteiger partial charge >= 0.3 is 0 Å². The number of nitrogens with two attached hydrogens (primary N) is 1. The Morgan fingerprint density at radius 2 is 1.79 bits per heavy atom. The van der Waals surface area contributed by atoms with Gasteiger partial charge in [0.15, 0.2) is 5.84 Å². The first kappa shape index (κ1) is 16.2. The van der Waals surface area contributed by atoms with Gasteiger partial charge in [0.25, 0.3) is 10.2 Å². The van der Waals surface area contributed by atoms with E-state index in [1.165, 1.54) is 4.31 Å². The zero-order valence-corrected chi connectivity index (χ0v) is 12.4. The molecule has 1 aliphatic rings. The fourth-order valence-corrected chi connectivity index (χ4v) is 3.36. The molecule has 1 atom stereocenters. The molecule has 1 aliphatic heterocycles. The molecule has 0 aromatic heterocycles. The molecule has 0 bridgehead atoms. The van der Waals surface area contributed by atoms with E-state index in [0.29, 0.717) is 26.2 Å². The van der Waals surface area contributed by atoms with E-state index in [-0.39, 0.29) is 17.9 Å². The fraction of sp³-hybridized carbons (Fsp3) is 0.900. The van der Waals surface area contributed by atoms with Crippen molar-refractivity contribution in [1.29, 1.82) is 0 Å².